The lowest BCUT2D eigenvalue weighted by atomic mass is 10.1. The molecule has 134 valence electrons. The van der Waals surface area contributed by atoms with Crippen LogP contribution in [-0.2, 0) is 11.3 Å². The number of aliphatic hydroxyl groups excluding tert-OH is 1. The van der Waals surface area contributed by atoms with E-state index in [1.54, 1.807) is 11.8 Å². The fourth-order valence-corrected chi connectivity index (χ4v) is 3.18. The second kappa shape index (κ2) is 7.33. The van der Waals surface area contributed by atoms with Gasteiger partial charge < -0.3 is 14.5 Å². The van der Waals surface area contributed by atoms with Crippen molar-refractivity contribution >= 4 is 5.91 Å². The number of amides is 1. The van der Waals surface area contributed by atoms with Crippen LogP contribution >= 0.6 is 0 Å². The summed E-state index contributed by atoms with van der Waals surface area (Å²) in [6.45, 7) is 4.58. The number of hydrogen-bond acceptors (Lipinski definition) is 6. The number of carbonyl (C=O) groups excluding carboxylic acids is 1. The van der Waals surface area contributed by atoms with E-state index in [2.05, 4.69) is 10.1 Å². The fraction of sp³-hybridized carbons (Fsp3) is 0.500. The first-order valence-electron chi connectivity index (χ1n) is 8.48. The highest BCUT2D eigenvalue weighted by Gasteiger charge is 2.40. The zero-order valence-electron chi connectivity index (χ0n) is 14.8. The minimum atomic E-state index is -0.576. The number of aromatic nitrogens is 2. The number of carbonyl (C=O) groups is 1. The number of β-amino-alcohol motifs (C(OH)–C–C–N with tert-alkyl or cyclic N) is 1. The maximum Gasteiger partial charge on any atom is 0.249 e. The van der Waals surface area contributed by atoms with E-state index in [9.17, 15) is 9.90 Å². The zero-order chi connectivity index (χ0) is 18.0. The summed E-state index contributed by atoms with van der Waals surface area (Å²) in [6.07, 6.45) is -0.157. The largest absolute Gasteiger partial charge is 0.391 e. The molecule has 1 amide bonds. The molecule has 7 heteroatoms. The third-order valence-electron chi connectivity index (χ3n) is 4.68. The van der Waals surface area contributed by atoms with Gasteiger partial charge in [0.15, 0.2) is 5.82 Å². The van der Waals surface area contributed by atoms with Crippen LogP contribution in [0, 0.1) is 6.92 Å². The highest BCUT2D eigenvalue weighted by atomic mass is 16.5. The molecular formula is C18H24N4O3. The molecule has 1 aromatic carbocycles. The Morgan fingerprint density at radius 2 is 2.16 bits per heavy atom. The van der Waals surface area contributed by atoms with Crippen molar-refractivity contribution < 1.29 is 14.4 Å². The number of benzene rings is 1. The molecule has 7 nitrogen and oxygen atoms in total. The first kappa shape index (κ1) is 17.6. The molecule has 1 unspecified atom stereocenters. The van der Waals surface area contributed by atoms with E-state index in [0.29, 0.717) is 24.7 Å². The van der Waals surface area contributed by atoms with Gasteiger partial charge in [-0.05, 0) is 26.5 Å². The Balaban J connectivity index is 1.71. The maximum absolute atomic E-state index is 13.0. The van der Waals surface area contributed by atoms with Gasteiger partial charge in [0, 0.05) is 19.5 Å². The van der Waals surface area contributed by atoms with Crippen molar-refractivity contribution in [2.75, 3.05) is 13.6 Å². The van der Waals surface area contributed by atoms with E-state index in [4.69, 9.17) is 4.52 Å². The van der Waals surface area contributed by atoms with Crippen molar-refractivity contribution in [2.24, 2.45) is 0 Å². The van der Waals surface area contributed by atoms with Gasteiger partial charge in [-0.2, -0.15) is 4.98 Å². The van der Waals surface area contributed by atoms with Gasteiger partial charge in [0.2, 0.25) is 11.8 Å². The summed E-state index contributed by atoms with van der Waals surface area (Å²) in [7, 11) is 1.92. The molecule has 1 aromatic heterocycles. The van der Waals surface area contributed by atoms with E-state index < -0.39 is 6.10 Å². The second-order valence-electron chi connectivity index (χ2n) is 6.65. The summed E-state index contributed by atoms with van der Waals surface area (Å²) in [6, 6.07) is 9.34. The summed E-state index contributed by atoms with van der Waals surface area (Å²) in [5, 5.41) is 13.8. The van der Waals surface area contributed by atoms with Crippen molar-refractivity contribution in [1.29, 1.82) is 0 Å². The zero-order valence-corrected chi connectivity index (χ0v) is 14.8. The normalized spacial score (nSPS) is 21.7. The maximum atomic E-state index is 13.0. The van der Waals surface area contributed by atoms with E-state index in [1.807, 2.05) is 49.2 Å². The van der Waals surface area contributed by atoms with Gasteiger partial charge in [-0.25, -0.2) is 0 Å². The highest BCUT2D eigenvalue weighted by molar-refractivity contribution is 5.82. The Bertz CT molecular complexity index is 718. The van der Waals surface area contributed by atoms with Crippen LogP contribution < -0.4 is 0 Å². The lowest BCUT2D eigenvalue weighted by Crippen LogP contribution is -2.45. The third-order valence-corrected chi connectivity index (χ3v) is 4.68. The van der Waals surface area contributed by atoms with Gasteiger partial charge in [0.05, 0.1) is 12.1 Å². The number of nitrogens with zero attached hydrogens (tertiary/aromatic N) is 4. The molecule has 0 bridgehead atoms. The predicted molar refractivity (Wildman–Crippen MR) is 91.5 cm³/mol. The van der Waals surface area contributed by atoms with E-state index >= 15 is 0 Å². The minimum Gasteiger partial charge on any atom is -0.391 e. The van der Waals surface area contributed by atoms with Gasteiger partial charge >= 0.3 is 0 Å². The van der Waals surface area contributed by atoms with Crippen LogP contribution in [0.4, 0.5) is 0 Å². The van der Waals surface area contributed by atoms with Gasteiger partial charge in [0.25, 0.3) is 0 Å². The first-order chi connectivity index (χ1) is 12.0. The van der Waals surface area contributed by atoms with E-state index in [-0.39, 0.29) is 24.5 Å². The van der Waals surface area contributed by atoms with Gasteiger partial charge in [-0.15, -0.1) is 0 Å². The van der Waals surface area contributed by atoms with Crippen molar-refractivity contribution in [3.63, 3.8) is 0 Å². The molecule has 2 heterocycles. The highest BCUT2D eigenvalue weighted by Crippen LogP contribution is 2.32. The van der Waals surface area contributed by atoms with E-state index in [0.717, 1.165) is 5.56 Å². The molecule has 1 saturated heterocycles. The number of rotatable bonds is 5. The van der Waals surface area contributed by atoms with Crippen molar-refractivity contribution in [1.82, 2.24) is 19.9 Å². The molecule has 1 aliphatic rings. The molecule has 1 N–H and O–H groups in total. The molecule has 0 radical (unpaired) electrons. The molecule has 0 aliphatic carbocycles. The molecule has 1 aliphatic heterocycles. The monoisotopic (exact) mass is 344 g/mol. The number of likely N-dealkylation sites (tertiary alicyclic amines) is 1. The number of aryl methyl sites for hydroxylation is 1. The molecule has 25 heavy (non-hydrogen) atoms. The SMILES string of the molecule is Cc1noc([C@H]2C[C@@H](O)CN2C(=O)C(C)N(C)Cc2ccccc2)n1. The quantitative estimate of drug-likeness (QED) is 0.886. The lowest BCUT2D eigenvalue weighted by molar-refractivity contribution is -0.137. The first-order valence-corrected chi connectivity index (χ1v) is 8.48. The molecular weight excluding hydrogens is 320 g/mol. The minimum absolute atomic E-state index is 0.0455. The summed E-state index contributed by atoms with van der Waals surface area (Å²) in [4.78, 5) is 20.9. The smallest absolute Gasteiger partial charge is 0.249 e. The van der Waals surface area contributed by atoms with Crippen molar-refractivity contribution in [3.05, 3.63) is 47.6 Å². The molecule has 0 saturated carbocycles. The van der Waals surface area contributed by atoms with Gasteiger partial charge in [-0.3, -0.25) is 9.69 Å². The Hall–Kier alpha value is -2.25. The Morgan fingerprint density at radius 1 is 1.44 bits per heavy atom. The van der Waals surface area contributed by atoms with Crippen LogP contribution in [0.15, 0.2) is 34.9 Å². The lowest BCUT2D eigenvalue weighted by Gasteiger charge is -2.30. The Morgan fingerprint density at radius 3 is 2.80 bits per heavy atom. The number of hydrogen-bond donors (Lipinski definition) is 1. The van der Waals surface area contributed by atoms with E-state index in [1.165, 1.54) is 0 Å². The topological polar surface area (TPSA) is 82.7 Å². The molecule has 2 aromatic rings. The van der Waals surface area contributed by atoms with Crippen LogP contribution in [0.5, 0.6) is 0 Å². The van der Waals surface area contributed by atoms with Crippen LogP contribution in [-0.4, -0.2) is 56.7 Å². The predicted octanol–water partition coefficient (Wildman–Crippen LogP) is 1.53. The summed E-state index contributed by atoms with van der Waals surface area (Å²) < 4.78 is 5.23. The Labute approximate surface area is 147 Å². The number of likely N-dealkylation sites (N-methyl/N-ethyl adjacent to an activating group) is 1. The summed E-state index contributed by atoms with van der Waals surface area (Å²) >= 11 is 0. The average molecular weight is 344 g/mol. The summed E-state index contributed by atoms with van der Waals surface area (Å²) in [5.74, 6) is 0.870. The molecule has 3 rings (SSSR count). The second-order valence-corrected chi connectivity index (χ2v) is 6.65. The van der Waals surface area contributed by atoms with Crippen molar-refractivity contribution in [3.8, 4) is 0 Å². The Kier molecular flexibility index (Phi) is 5.15. The molecule has 3 atom stereocenters. The van der Waals surface area contributed by atoms with Crippen LogP contribution in [0.1, 0.15) is 36.7 Å². The molecule has 0 spiro atoms. The van der Waals surface area contributed by atoms with Crippen molar-refractivity contribution in [2.45, 2.75) is 45.0 Å². The number of aliphatic hydroxyl groups is 1. The summed E-state index contributed by atoms with van der Waals surface area (Å²) in [5.41, 5.74) is 1.15. The molecule has 1 fully saturated rings. The average Bonchev–Trinajstić information content (AvgIpc) is 3.20. The van der Waals surface area contributed by atoms with Crippen LogP contribution in [0.3, 0.4) is 0 Å². The van der Waals surface area contributed by atoms with Gasteiger partial charge in [-0.1, -0.05) is 35.5 Å². The fourth-order valence-electron chi connectivity index (χ4n) is 3.18. The van der Waals surface area contributed by atoms with Gasteiger partial charge in [0.1, 0.15) is 6.04 Å². The standard InChI is InChI=1S/C18H24N4O3/c1-12(21(3)10-14-7-5-4-6-8-14)18(24)22-11-15(23)9-16(22)17-19-13(2)20-25-17/h4-8,12,15-16,23H,9-11H2,1-3H3/t12?,15-,16-/m1/s1. The van der Waals surface area contributed by atoms with Crippen LogP contribution in [0.25, 0.3) is 0 Å². The van der Waals surface area contributed by atoms with Crippen LogP contribution in [0.2, 0.25) is 0 Å². The third kappa shape index (κ3) is 3.88.